The monoisotopic (exact) mass is 477 g/mol. The number of hydrogen-bond acceptors (Lipinski definition) is 4. The summed E-state index contributed by atoms with van der Waals surface area (Å²) in [6.45, 7) is 3.41. The fourth-order valence-corrected chi connectivity index (χ4v) is 3.95. The first kappa shape index (κ1) is 24.3. The van der Waals surface area contributed by atoms with Crippen LogP contribution in [-0.2, 0) is 9.59 Å². The molecular weight excluding hydrogens is 453 g/mol. The number of carbonyl (C=O) groups is 3. The number of amides is 3. The van der Waals surface area contributed by atoms with E-state index >= 15 is 0 Å². The van der Waals surface area contributed by atoms with Crippen molar-refractivity contribution >= 4 is 35.2 Å². The zero-order valence-corrected chi connectivity index (χ0v) is 19.0. The van der Waals surface area contributed by atoms with E-state index in [-0.39, 0.29) is 30.3 Å². The second kappa shape index (κ2) is 10.5. The molecule has 1 aliphatic heterocycles. The average molecular weight is 478 g/mol. The van der Waals surface area contributed by atoms with Gasteiger partial charge in [-0.1, -0.05) is 17.7 Å². The lowest BCUT2D eigenvalue weighted by Gasteiger charge is -2.37. The van der Waals surface area contributed by atoms with Crippen LogP contribution in [-0.4, -0.2) is 53.1 Å². The van der Waals surface area contributed by atoms with E-state index in [2.05, 4.69) is 10.6 Å². The van der Waals surface area contributed by atoms with Crippen molar-refractivity contribution in [1.82, 2.24) is 10.2 Å². The zero-order chi connectivity index (χ0) is 24.1. The van der Waals surface area contributed by atoms with Crippen molar-refractivity contribution in [3.63, 3.8) is 0 Å². The average Bonchev–Trinajstić information content (AvgIpc) is 2.73. The van der Waals surface area contributed by atoms with Crippen LogP contribution in [0.3, 0.4) is 0 Å². The molecule has 8 nitrogen and oxygen atoms in total. The van der Waals surface area contributed by atoms with Gasteiger partial charge in [0.1, 0.15) is 17.6 Å². The largest absolute Gasteiger partial charge is 0.484 e. The number of likely N-dealkylation sites (tertiary alicyclic amines) is 1. The van der Waals surface area contributed by atoms with Crippen molar-refractivity contribution < 1.29 is 28.6 Å². The maximum atomic E-state index is 13.5. The van der Waals surface area contributed by atoms with E-state index < -0.39 is 35.8 Å². The predicted molar refractivity (Wildman–Crippen MR) is 121 cm³/mol. The quantitative estimate of drug-likeness (QED) is 0.587. The smallest absolute Gasteiger partial charge is 0.408 e. The number of anilines is 1. The van der Waals surface area contributed by atoms with Gasteiger partial charge < -0.3 is 20.5 Å². The Morgan fingerprint density at radius 1 is 1.15 bits per heavy atom. The van der Waals surface area contributed by atoms with E-state index in [9.17, 15) is 23.9 Å². The van der Waals surface area contributed by atoms with Crippen LogP contribution in [0.1, 0.15) is 24.0 Å². The molecule has 1 saturated heterocycles. The molecule has 1 aliphatic rings. The molecular formula is C23H25ClFN3O5. The summed E-state index contributed by atoms with van der Waals surface area (Å²) in [6.07, 6.45) is -0.588. The minimum Gasteiger partial charge on any atom is -0.484 e. The van der Waals surface area contributed by atoms with Crippen molar-refractivity contribution in [2.45, 2.75) is 38.8 Å². The Labute approximate surface area is 195 Å². The van der Waals surface area contributed by atoms with Crippen LogP contribution < -0.4 is 15.4 Å². The fraction of sp³-hybridized carbons (Fsp3) is 0.348. The number of hydrogen-bond donors (Lipinski definition) is 3. The minimum atomic E-state index is -1.25. The molecule has 0 aliphatic carbocycles. The van der Waals surface area contributed by atoms with Crippen LogP contribution in [0.5, 0.6) is 5.75 Å². The molecule has 0 radical (unpaired) electrons. The summed E-state index contributed by atoms with van der Waals surface area (Å²) in [4.78, 5) is 37.8. The number of benzene rings is 2. The van der Waals surface area contributed by atoms with Gasteiger partial charge in [0.25, 0.3) is 5.91 Å². The van der Waals surface area contributed by atoms with Gasteiger partial charge in [0.05, 0.1) is 5.02 Å². The van der Waals surface area contributed by atoms with Gasteiger partial charge in [-0.2, -0.15) is 0 Å². The summed E-state index contributed by atoms with van der Waals surface area (Å²) in [7, 11) is 0. The van der Waals surface area contributed by atoms with Gasteiger partial charge in [-0.25, -0.2) is 9.18 Å². The number of rotatable bonds is 6. The number of nitrogens with one attached hydrogen (secondary N) is 2. The van der Waals surface area contributed by atoms with Gasteiger partial charge in [-0.3, -0.25) is 14.5 Å². The molecule has 3 rings (SSSR count). The Morgan fingerprint density at radius 2 is 1.85 bits per heavy atom. The highest BCUT2D eigenvalue weighted by Gasteiger charge is 2.36. The molecule has 0 spiro atoms. The lowest BCUT2D eigenvalue weighted by molar-refractivity contribution is -0.125. The lowest BCUT2D eigenvalue weighted by atomic mass is 9.97. The Kier molecular flexibility index (Phi) is 7.75. The molecule has 10 heteroatoms. The number of halogens is 2. The first-order valence-corrected chi connectivity index (χ1v) is 10.8. The van der Waals surface area contributed by atoms with Crippen LogP contribution in [0.25, 0.3) is 0 Å². The molecule has 2 atom stereocenters. The summed E-state index contributed by atoms with van der Waals surface area (Å²) < 4.78 is 18.7. The van der Waals surface area contributed by atoms with Gasteiger partial charge in [0.15, 0.2) is 6.61 Å². The molecule has 33 heavy (non-hydrogen) atoms. The van der Waals surface area contributed by atoms with E-state index in [4.69, 9.17) is 16.3 Å². The van der Waals surface area contributed by atoms with Crippen molar-refractivity contribution in [1.29, 1.82) is 0 Å². The van der Waals surface area contributed by atoms with Crippen LogP contribution in [0, 0.1) is 19.7 Å². The molecule has 0 saturated carbocycles. The number of nitrogens with zero attached hydrogens (tertiary/aromatic N) is 1. The minimum absolute atomic E-state index is 0.0401. The predicted octanol–water partition coefficient (Wildman–Crippen LogP) is 3.74. The highest BCUT2D eigenvalue weighted by molar-refractivity contribution is 6.30. The maximum absolute atomic E-state index is 13.5. The number of piperidine rings is 1. The maximum Gasteiger partial charge on any atom is 0.408 e. The van der Waals surface area contributed by atoms with Crippen LogP contribution in [0.15, 0.2) is 36.4 Å². The molecule has 2 aromatic rings. The summed E-state index contributed by atoms with van der Waals surface area (Å²) in [5, 5.41) is 15.1. The molecule has 0 aromatic heterocycles. The van der Waals surface area contributed by atoms with Gasteiger partial charge in [0.2, 0.25) is 5.91 Å². The van der Waals surface area contributed by atoms with E-state index in [0.717, 1.165) is 22.1 Å². The van der Waals surface area contributed by atoms with Gasteiger partial charge in [-0.15, -0.1) is 0 Å². The Morgan fingerprint density at radius 3 is 2.48 bits per heavy atom. The number of aryl methyl sites for hydroxylation is 2. The van der Waals surface area contributed by atoms with E-state index in [1.54, 1.807) is 0 Å². The van der Waals surface area contributed by atoms with Crippen molar-refractivity contribution in [3.8, 4) is 5.75 Å². The third-order valence-electron chi connectivity index (χ3n) is 5.25. The first-order valence-electron chi connectivity index (χ1n) is 10.4. The number of carboxylic acid groups (broad SMARTS) is 1. The van der Waals surface area contributed by atoms with Gasteiger partial charge in [0, 0.05) is 24.3 Å². The van der Waals surface area contributed by atoms with E-state index in [1.807, 2.05) is 32.0 Å². The molecule has 0 unspecified atom stereocenters. The first-order chi connectivity index (χ1) is 15.6. The second-order valence-corrected chi connectivity index (χ2v) is 8.43. The molecule has 0 bridgehead atoms. The SMILES string of the molecule is Cc1cc(C)cc(NC(=O)[C@H]2CC[C@H](NC(=O)COc3ccc(Cl)c(F)c3)CN2C(=O)O)c1. The van der Waals surface area contributed by atoms with E-state index in [1.165, 1.54) is 12.1 Å². The Balaban J connectivity index is 1.56. The third-order valence-corrected chi connectivity index (χ3v) is 5.55. The second-order valence-electron chi connectivity index (χ2n) is 8.02. The molecule has 1 fully saturated rings. The fourth-order valence-electron chi connectivity index (χ4n) is 3.83. The lowest BCUT2D eigenvalue weighted by Crippen LogP contribution is -2.57. The Hall–Kier alpha value is -3.33. The molecule has 3 amide bonds. The number of ether oxygens (including phenoxy) is 1. The summed E-state index contributed by atoms with van der Waals surface area (Å²) in [5.74, 6) is -1.42. The Bertz CT molecular complexity index is 1040. The zero-order valence-electron chi connectivity index (χ0n) is 18.2. The van der Waals surface area contributed by atoms with E-state index in [0.29, 0.717) is 12.1 Å². The highest BCUT2D eigenvalue weighted by atomic mass is 35.5. The number of carbonyl (C=O) groups excluding carboxylic acids is 2. The molecule has 176 valence electrons. The van der Waals surface area contributed by atoms with Crippen molar-refractivity contribution in [2.24, 2.45) is 0 Å². The molecule has 3 N–H and O–H groups in total. The topological polar surface area (TPSA) is 108 Å². The van der Waals surface area contributed by atoms with Crippen molar-refractivity contribution in [2.75, 3.05) is 18.5 Å². The van der Waals surface area contributed by atoms with Crippen LogP contribution in [0.2, 0.25) is 5.02 Å². The summed E-state index contributed by atoms with van der Waals surface area (Å²) in [6, 6.07) is 8.07. The van der Waals surface area contributed by atoms with Crippen LogP contribution in [0.4, 0.5) is 14.9 Å². The molecule has 1 heterocycles. The van der Waals surface area contributed by atoms with Crippen molar-refractivity contribution in [3.05, 3.63) is 58.4 Å². The third kappa shape index (κ3) is 6.58. The highest BCUT2D eigenvalue weighted by Crippen LogP contribution is 2.22. The summed E-state index contributed by atoms with van der Waals surface area (Å²) >= 11 is 5.61. The molecule has 2 aromatic carbocycles. The standard InChI is InChI=1S/C23H25ClFN3O5/c1-13-7-14(2)9-16(8-13)27-22(30)20-6-3-15(11-28(20)23(31)32)26-21(29)12-33-17-4-5-18(24)19(25)10-17/h4-5,7-10,15,20H,3,6,11-12H2,1-2H3,(H,26,29)(H,27,30)(H,31,32)/t15-,20+/m0/s1. The van der Waals surface area contributed by atoms with Crippen LogP contribution >= 0.6 is 11.6 Å². The van der Waals surface area contributed by atoms with Gasteiger partial charge >= 0.3 is 6.09 Å². The van der Waals surface area contributed by atoms with Gasteiger partial charge in [-0.05, 0) is 62.1 Å². The summed E-state index contributed by atoms with van der Waals surface area (Å²) in [5.41, 5.74) is 2.57. The normalized spacial score (nSPS) is 17.9.